The van der Waals surface area contributed by atoms with Gasteiger partial charge in [-0.3, -0.25) is 4.68 Å². The molecule has 2 aromatic rings. The van der Waals surface area contributed by atoms with Crippen molar-refractivity contribution in [2.45, 2.75) is 20.0 Å². The molecular weight excluding hydrogens is 236 g/mol. The molecule has 0 amide bonds. The van der Waals surface area contributed by atoms with E-state index in [1.54, 1.807) is 17.9 Å². The molecule has 0 saturated heterocycles. The van der Waals surface area contributed by atoms with Gasteiger partial charge in [0.1, 0.15) is 6.10 Å². The first-order chi connectivity index (χ1) is 8.00. The summed E-state index contributed by atoms with van der Waals surface area (Å²) in [6.07, 6.45) is 0.801. The van der Waals surface area contributed by atoms with Crippen LogP contribution in [0.1, 0.15) is 28.5 Å². The van der Waals surface area contributed by atoms with Crippen LogP contribution in [-0.2, 0) is 7.05 Å². The van der Waals surface area contributed by atoms with Gasteiger partial charge in [0.15, 0.2) is 0 Å². The number of aryl methyl sites for hydroxylation is 3. The molecule has 1 heterocycles. The third-order valence-electron chi connectivity index (χ3n) is 3.04. The molecule has 0 aliphatic rings. The molecule has 0 bridgehead atoms. The summed E-state index contributed by atoms with van der Waals surface area (Å²) in [5, 5.41) is 14.8. The number of rotatable bonds is 2. The van der Waals surface area contributed by atoms with Crippen LogP contribution >= 0.6 is 11.6 Å². The van der Waals surface area contributed by atoms with Gasteiger partial charge < -0.3 is 5.11 Å². The van der Waals surface area contributed by atoms with Gasteiger partial charge in [-0.2, -0.15) is 5.10 Å². The summed E-state index contributed by atoms with van der Waals surface area (Å²) < 4.78 is 1.60. The van der Waals surface area contributed by atoms with E-state index in [1.807, 2.05) is 32.0 Å². The van der Waals surface area contributed by atoms with Crippen LogP contribution in [0.3, 0.4) is 0 Å². The number of aliphatic hydroxyl groups is 1. The van der Waals surface area contributed by atoms with Crippen LogP contribution in [0, 0.1) is 13.8 Å². The number of halogens is 1. The van der Waals surface area contributed by atoms with E-state index in [1.165, 1.54) is 5.56 Å². The molecule has 0 aliphatic heterocycles. The number of aliphatic hydroxyl groups excluding tert-OH is 1. The molecule has 0 saturated carbocycles. The Bertz CT molecular complexity index is 529. The maximum atomic E-state index is 10.3. The van der Waals surface area contributed by atoms with Gasteiger partial charge in [-0.25, -0.2) is 0 Å². The van der Waals surface area contributed by atoms with Crippen LogP contribution < -0.4 is 0 Å². The molecule has 3 nitrogen and oxygen atoms in total. The number of hydrogen-bond donors (Lipinski definition) is 1. The largest absolute Gasteiger partial charge is 0.382 e. The van der Waals surface area contributed by atoms with Crippen LogP contribution in [-0.4, -0.2) is 14.9 Å². The highest BCUT2D eigenvalue weighted by Crippen LogP contribution is 2.28. The van der Waals surface area contributed by atoms with E-state index in [-0.39, 0.29) is 0 Å². The van der Waals surface area contributed by atoms with Crippen molar-refractivity contribution in [2.75, 3.05) is 0 Å². The summed E-state index contributed by atoms with van der Waals surface area (Å²) in [5.74, 6) is 0. The fraction of sp³-hybridized carbons (Fsp3) is 0.308. The zero-order valence-electron chi connectivity index (χ0n) is 10.1. The maximum Gasteiger partial charge on any atom is 0.122 e. The van der Waals surface area contributed by atoms with Crippen molar-refractivity contribution in [3.8, 4) is 0 Å². The molecule has 4 heteroatoms. The molecule has 1 aromatic carbocycles. The second-order valence-electron chi connectivity index (χ2n) is 4.25. The summed E-state index contributed by atoms with van der Waals surface area (Å²) in [4.78, 5) is 0. The monoisotopic (exact) mass is 250 g/mol. The van der Waals surface area contributed by atoms with Gasteiger partial charge >= 0.3 is 0 Å². The lowest BCUT2D eigenvalue weighted by molar-refractivity contribution is 0.210. The fourth-order valence-corrected chi connectivity index (χ4v) is 2.09. The lowest BCUT2D eigenvalue weighted by Gasteiger charge is -2.13. The number of benzene rings is 1. The van der Waals surface area contributed by atoms with Crippen molar-refractivity contribution in [1.82, 2.24) is 9.78 Å². The molecule has 2 rings (SSSR count). The highest BCUT2D eigenvalue weighted by Gasteiger charge is 2.18. The second kappa shape index (κ2) is 4.51. The van der Waals surface area contributed by atoms with Gasteiger partial charge in [-0.1, -0.05) is 29.8 Å². The molecule has 0 fully saturated rings. The molecular formula is C13H15ClN2O. The van der Waals surface area contributed by atoms with Crippen LogP contribution in [0.5, 0.6) is 0 Å². The molecule has 17 heavy (non-hydrogen) atoms. The second-order valence-corrected chi connectivity index (χ2v) is 4.65. The first-order valence-electron chi connectivity index (χ1n) is 5.43. The van der Waals surface area contributed by atoms with Crippen molar-refractivity contribution in [3.63, 3.8) is 0 Å². The maximum absolute atomic E-state index is 10.3. The molecule has 0 spiro atoms. The molecule has 1 unspecified atom stereocenters. The Balaban J connectivity index is 2.43. The van der Waals surface area contributed by atoms with Crippen molar-refractivity contribution in [3.05, 3.63) is 51.8 Å². The third kappa shape index (κ3) is 2.21. The van der Waals surface area contributed by atoms with E-state index in [0.29, 0.717) is 10.7 Å². The lowest BCUT2D eigenvalue weighted by Crippen LogP contribution is -2.07. The summed E-state index contributed by atoms with van der Waals surface area (Å²) in [7, 11) is 1.77. The van der Waals surface area contributed by atoms with Crippen molar-refractivity contribution >= 4 is 11.6 Å². The van der Waals surface area contributed by atoms with Crippen molar-refractivity contribution < 1.29 is 5.11 Å². The van der Waals surface area contributed by atoms with E-state index in [0.717, 1.165) is 11.1 Å². The van der Waals surface area contributed by atoms with Gasteiger partial charge in [0, 0.05) is 7.05 Å². The van der Waals surface area contributed by atoms with E-state index in [9.17, 15) is 5.11 Å². The third-order valence-corrected chi connectivity index (χ3v) is 3.33. The van der Waals surface area contributed by atoms with E-state index >= 15 is 0 Å². The topological polar surface area (TPSA) is 38.1 Å². The van der Waals surface area contributed by atoms with Gasteiger partial charge in [0.05, 0.1) is 16.9 Å². The highest BCUT2D eigenvalue weighted by molar-refractivity contribution is 6.31. The zero-order valence-corrected chi connectivity index (χ0v) is 10.9. The molecule has 1 N–H and O–H groups in total. The average molecular weight is 251 g/mol. The van der Waals surface area contributed by atoms with E-state index in [2.05, 4.69) is 5.10 Å². The Hall–Kier alpha value is -1.32. The zero-order chi connectivity index (χ0) is 12.6. The quantitative estimate of drug-likeness (QED) is 0.890. The number of nitrogens with zero attached hydrogens (tertiary/aromatic N) is 2. The molecule has 90 valence electrons. The average Bonchev–Trinajstić information content (AvgIpc) is 2.62. The Morgan fingerprint density at radius 1 is 1.29 bits per heavy atom. The minimum absolute atomic E-state index is 0.484. The fourth-order valence-electron chi connectivity index (χ4n) is 1.82. The van der Waals surface area contributed by atoms with Gasteiger partial charge in [0.25, 0.3) is 0 Å². The summed E-state index contributed by atoms with van der Waals surface area (Å²) in [6, 6.07) is 5.89. The Labute approximate surface area is 106 Å². The van der Waals surface area contributed by atoms with Crippen LogP contribution in [0.4, 0.5) is 0 Å². The number of hydrogen-bond acceptors (Lipinski definition) is 2. The van der Waals surface area contributed by atoms with Gasteiger partial charge in [-0.05, 0) is 30.5 Å². The molecule has 1 aromatic heterocycles. The standard InChI is InChI=1S/C13H15ClN2O/c1-8-4-5-10(6-9(8)2)13(17)12-11(14)7-15-16(12)3/h4-7,13,17H,1-3H3. The first-order valence-corrected chi connectivity index (χ1v) is 5.81. The molecule has 0 radical (unpaired) electrons. The van der Waals surface area contributed by atoms with Crippen molar-refractivity contribution in [2.24, 2.45) is 7.05 Å². The Morgan fingerprint density at radius 3 is 2.53 bits per heavy atom. The highest BCUT2D eigenvalue weighted by atomic mass is 35.5. The smallest absolute Gasteiger partial charge is 0.122 e. The van der Waals surface area contributed by atoms with E-state index in [4.69, 9.17) is 11.6 Å². The normalized spacial score (nSPS) is 12.8. The predicted molar refractivity (Wildman–Crippen MR) is 68.2 cm³/mol. The Kier molecular flexibility index (Phi) is 3.22. The first kappa shape index (κ1) is 12.1. The summed E-state index contributed by atoms with van der Waals surface area (Å²) >= 11 is 6.02. The van der Waals surface area contributed by atoms with Crippen LogP contribution in [0.15, 0.2) is 24.4 Å². The lowest BCUT2D eigenvalue weighted by atomic mass is 10.0. The number of aromatic nitrogens is 2. The van der Waals surface area contributed by atoms with Crippen LogP contribution in [0.25, 0.3) is 0 Å². The minimum atomic E-state index is -0.741. The van der Waals surface area contributed by atoms with Crippen molar-refractivity contribution in [1.29, 1.82) is 0 Å². The SMILES string of the molecule is Cc1ccc(C(O)c2c(Cl)cnn2C)cc1C. The van der Waals surface area contributed by atoms with Crippen LogP contribution in [0.2, 0.25) is 5.02 Å². The summed E-state index contributed by atoms with van der Waals surface area (Å²) in [6.45, 7) is 4.07. The Morgan fingerprint density at radius 2 is 2.00 bits per heavy atom. The predicted octanol–water partition coefficient (Wildman–Crippen LogP) is 2.77. The summed E-state index contributed by atoms with van der Waals surface area (Å²) in [5.41, 5.74) is 3.81. The van der Waals surface area contributed by atoms with Gasteiger partial charge in [0.2, 0.25) is 0 Å². The molecule has 1 atom stereocenters. The van der Waals surface area contributed by atoms with E-state index < -0.39 is 6.10 Å². The minimum Gasteiger partial charge on any atom is -0.382 e. The van der Waals surface area contributed by atoms with Gasteiger partial charge in [-0.15, -0.1) is 0 Å². The molecule has 0 aliphatic carbocycles.